The van der Waals surface area contributed by atoms with Gasteiger partial charge in [-0.25, -0.2) is 0 Å². The number of halogens is 2. The molecule has 5 heteroatoms. The number of nitrogens with one attached hydrogen (secondary N) is 1. The van der Waals surface area contributed by atoms with Crippen molar-refractivity contribution in [2.45, 2.75) is 0 Å². The molecule has 3 rings (SSSR count). The van der Waals surface area contributed by atoms with E-state index < -0.39 is 0 Å². The van der Waals surface area contributed by atoms with E-state index in [-0.39, 0.29) is 0 Å². The number of hydrazone groups is 1. The first kappa shape index (κ1) is 15.1. The lowest BCUT2D eigenvalue weighted by Crippen LogP contribution is -1.89. The Labute approximate surface area is 147 Å². The standard InChI is InChI=1S/C17H12ClIN2O/c18-13-2-1-3-15(10-13)21-20-11-16-8-9-17(22-16)12-4-6-14(19)7-5-12/h1-11,21H. The third-order valence-corrected chi connectivity index (χ3v) is 3.92. The van der Waals surface area contributed by atoms with E-state index >= 15 is 0 Å². The third-order valence-electron chi connectivity index (χ3n) is 2.97. The molecule has 2 aromatic carbocycles. The van der Waals surface area contributed by atoms with Gasteiger partial charge in [0.2, 0.25) is 0 Å². The van der Waals surface area contributed by atoms with Crippen LogP contribution in [0.4, 0.5) is 5.69 Å². The molecular weight excluding hydrogens is 411 g/mol. The molecule has 0 saturated heterocycles. The second kappa shape index (κ2) is 6.98. The van der Waals surface area contributed by atoms with Crippen LogP contribution in [-0.2, 0) is 0 Å². The number of rotatable bonds is 4. The Balaban J connectivity index is 1.69. The fourth-order valence-electron chi connectivity index (χ4n) is 1.92. The van der Waals surface area contributed by atoms with Gasteiger partial charge in [-0.15, -0.1) is 0 Å². The van der Waals surface area contributed by atoms with Gasteiger partial charge in [-0.1, -0.05) is 29.8 Å². The van der Waals surface area contributed by atoms with Crippen LogP contribution in [0.5, 0.6) is 0 Å². The van der Waals surface area contributed by atoms with Crippen molar-refractivity contribution in [3.8, 4) is 11.3 Å². The highest BCUT2D eigenvalue weighted by Crippen LogP contribution is 2.22. The number of anilines is 1. The summed E-state index contributed by atoms with van der Waals surface area (Å²) in [6.45, 7) is 0. The van der Waals surface area contributed by atoms with Gasteiger partial charge in [-0.3, -0.25) is 5.43 Å². The van der Waals surface area contributed by atoms with Crippen molar-refractivity contribution in [3.05, 3.63) is 75.0 Å². The fourth-order valence-corrected chi connectivity index (χ4v) is 2.47. The number of benzene rings is 2. The molecule has 22 heavy (non-hydrogen) atoms. The molecule has 3 aromatic rings. The molecule has 0 atom stereocenters. The van der Waals surface area contributed by atoms with Gasteiger partial charge in [0.05, 0.1) is 11.9 Å². The lowest BCUT2D eigenvalue weighted by atomic mass is 10.2. The minimum Gasteiger partial charge on any atom is -0.455 e. The molecule has 1 N–H and O–H groups in total. The van der Waals surface area contributed by atoms with E-state index in [4.69, 9.17) is 16.0 Å². The van der Waals surface area contributed by atoms with Gasteiger partial charge >= 0.3 is 0 Å². The topological polar surface area (TPSA) is 37.5 Å². The van der Waals surface area contributed by atoms with Crippen molar-refractivity contribution in [2.24, 2.45) is 5.10 Å². The quantitative estimate of drug-likeness (QED) is 0.335. The molecule has 0 unspecified atom stereocenters. The summed E-state index contributed by atoms with van der Waals surface area (Å²) in [4.78, 5) is 0. The Morgan fingerprint density at radius 1 is 1.05 bits per heavy atom. The molecule has 0 aliphatic heterocycles. The Morgan fingerprint density at radius 3 is 2.64 bits per heavy atom. The number of nitrogens with zero attached hydrogens (tertiary/aromatic N) is 1. The van der Waals surface area contributed by atoms with Crippen LogP contribution in [-0.4, -0.2) is 6.21 Å². The van der Waals surface area contributed by atoms with Crippen LogP contribution in [0.1, 0.15) is 5.76 Å². The van der Waals surface area contributed by atoms with Gasteiger partial charge < -0.3 is 4.42 Å². The normalized spacial score (nSPS) is 11.0. The SMILES string of the molecule is Clc1cccc(NN=Cc2ccc(-c3ccc(I)cc3)o2)c1. The molecule has 0 spiro atoms. The lowest BCUT2D eigenvalue weighted by molar-refractivity contribution is 0.575. The summed E-state index contributed by atoms with van der Waals surface area (Å²) in [5.41, 5.74) is 4.79. The number of hydrogen-bond donors (Lipinski definition) is 1. The maximum atomic E-state index is 5.91. The molecule has 3 nitrogen and oxygen atoms in total. The first-order valence-electron chi connectivity index (χ1n) is 6.61. The van der Waals surface area contributed by atoms with Crippen LogP contribution >= 0.6 is 34.2 Å². The van der Waals surface area contributed by atoms with Gasteiger partial charge in [0.15, 0.2) is 0 Å². The first-order valence-corrected chi connectivity index (χ1v) is 8.07. The summed E-state index contributed by atoms with van der Waals surface area (Å²) in [7, 11) is 0. The van der Waals surface area contributed by atoms with Gasteiger partial charge in [0.1, 0.15) is 11.5 Å². The summed E-state index contributed by atoms with van der Waals surface area (Å²) in [6, 6.07) is 19.4. The summed E-state index contributed by atoms with van der Waals surface area (Å²) in [6.07, 6.45) is 1.64. The number of furan rings is 1. The zero-order valence-corrected chi connectivity index (χ0v) is 14.4. The van der Waals surface area contributed by atoms with E-state index in [1.807, 2.05) is 54.6 Å². The van der Waals surface area contributed by atoms with Crippen LogP contribution in [0.3, 0.4) is 0 Å². The summed E-state index contributed by atoms with van der Waals surface area (Å²) < 4.78 is 6.95. The molecule has 0 aliphatic carbocycles. The van der Waals surface area contributed by atoms with Crippen molar-refractivity contribution in [3.63, 3.8) is 0 Å². The van der Waals surface area contributed by atoms with Crippen LogP contribution in [0, 0.1) is 3.57 Å². The monoisotopic (exact) mass is 422 g/mol. The van der Waals surface area contributed by atoms with Gasteiger partial charge in [-0.05, 0) is 65.1 Å². The smallest absolute Gasteiger partial charge is 0.147 e. The van der Waals surface area contributed by atoms with Crippen LogP contribution in [0.25, 0.3) is 11.3 Å². The summed E-state index contributed by atoms with van der Waals surface area (Å²) >= 11 is 8.19. The Morgan fingerprint density at radius 2 is 1.86 bits per heavy atom. The predicted octanol–water partition coefficient (Wildman–Crippen LogP) is 5.65. The van der Waals surface area contributed by atoms with E-state index in [9.17, 15) is 0 Å². The van der Waals surface area contributed by atoms with Crippen molar-refractivity contribution in [1.29, 1.82) is 0 Å². The van der Waals surface area contributed by atoms with Crippen LogP contribution < -0.4 is 5.43 Å². The molecule has 0 aliphatic rings. The number of hydrogen-bond acceptors (Lipinski definition) is 3. The van der Waals surface area contributed by atoms with Gasteiger partial charge in [-0.2, -0.15) is 5.10 Å². The molecule has 0 bridgehead atoms. The molecule has 0 saturated carbocycles. The predicted molar refractivity (Wildman–Crippen MR) is 99.5 cm³/mol. The molecule has 0 amide bonds. The Kier molecular flexibility index (Phi) is 4.80. The highest BCUT2D eigenvalue weighted by atomic mass is 127. The van der Waals surface area contributed by atoms with Crippen molar-refractivity contribution in [1.82, 2.24) is 0 Å². The van der Waals surface area contributed by atoms with E-state index in [0.29, 0.717) is 10.8 Å². The maximum absolute atomic E-state index is 5.91. The second-order valence-electron chi connectivity index (χ2n) is 4.59. The van der Waals surface area contributed by atoms with Crippen molar-refractivity contribution < 1.29 is 4.42 Å². The summed E-state index contributed by atoms with van der Waals surface area (Å²) in [5.74, 6) is 1.50. The maximum Gasteiger partial charge on any atom is 0.147 e. The largest absolute Gasteiger partial charge is 0.455 e. The van der Waals surface area contributed by atoms with Crippen LogP contribution in [0.2, 0.25) is 5.02 Å². The van der Waals surface area contributed by atoms with E-state index in [1.165, 1.54) is 3.57 Å². The zero-order valence-electron chi connectivity index (χ0n) is 11.5. The molecule has 0 fully saturated rings. The molecular formula is C17H12ClIN2O. The second-order valence-corrected chi connectivity index (χ2v) is 6.27. The first-order chi connectivity index (χ1) is 10.7. The fraction of sp³-hybridized carbons (Fsp3) is 0. The lowest BCUT2D eigenvalue weighted by Gasteiger charge is -1.99. The Hall–Kier alpha value is -1.79. The average Bonchev–Trinajstić information content (AvgIpc) is 2.97. The highest BCUT2D eigenvalue weighted by Gasteiger charge is 2.03. The Bertz CT molecular complexity index is 796. The zero-order chi connectivity index (χ0) is 15.4. The summed E-state index contributed by atoms with van der Waals surface area (Å²) in [5, 5.41) is 4.81. The minimum absolute atomic E-state index is 0.666. The van der Waals surface area contributed by atoms with E-state index in [2.05, 4.69) is 33.1 Å². The van der Waals surface area contributed by atoms with Crippen molar-refractivity contribution in [2.75, 3.05) is 5.43 Å². The minimum atomic E-state index is 0.666. The van der Waals surface area contributed by atoms with E-state index in [0.717, 1.165) is 17.0 Å². The molecule has 0 radical (unpaired) electrons. The average molecular weight is 423 g/mol. The van der Waals surface area contributed by atoms with Gasteiger partial charge in [0, 0.05) is 14.2 Å². The van der Waals surface area contributed by atoms with Crippen molar-refractivity contribution >= 4 is 46.1 Å². The van der Waals surface area contributed by atoms with Crippen LogP contribution in [0.15, 0.2) is 70.2 Å². The third kappa shape index (κ3) is 3.90. The highest BCUT2D eigenvalue weighted by molar-refractivity contribution is 14.1. The van der Waals surface area contributed by atoms with E-state index in [1.54, 1.807) is 12.3 Å². The van der Waals surface area contributed by atoms with Gasteiger partial charge in [0.25, 0.3) is 0 Å². The molecule has 1 aromatic heterocycles. The molecule has 1 heterocycles. The molecule has 110 valence electrons.